The molecule has 0 spiro atoms. The zero-order chi connectivity index (χ0) is 46.8. The summed E-state index contributed by atoms with van der Waals surface area (Å²) in [6, 6.07) is 58.0. The molecule has 0 aliphatic carbocycles. The number of amides is 1. The minimum Gasteiger partial charge on any atom is -0.374 e. The number of hydrogen-bond acceptors (Lipinski definition) is 11. The Morgan fingerprint density at radius 2 is 0.765 bits per heavy atom. The van der Waals surface area contributed by atoms with E-state index >= 15 is 0 Å². The largest absolute Gasteiger partial charge is 0.374 e. The van der Waals surface area contributed by atoms with Crippen molar-refractivity contribution in [2.24, 2.45) is 0 Å². The van der Waals surface area contributed by atoms with Gasteiger partial charge in [-0.1, -0.05) is 182 Å². The molecule has 12 nitrogen and oxygen atoms in total. The van der Waals surface area contributed by atoms with E-state index in [0.29, 0.717) is 6.61 Å². The van der Waals surface area contributed by atoms with Crippen LogP contribution in [-0.2, 0) is 87.1 Å². The van der Waals surface area contributed by atoms with E-state index in [9.17, 15) is 9.90 Å². The number of carbonyl (C=O) groups is 1. The van der Waals surface area contributed by atoms with Gasteiger partial charge < -0.3 is 53.1 Å². The molecule has 2 saturated heterocycles. The summed E-state index contributed by atoms with van der Waals surface area (Å²) in [7, 11) is 0. The molecule has 0 unspecified atom stereocenters. The Bertz CT molecular complexity index is 2330. The molecule has 0 saturated carbocycles. The van der Waals surface area contributed by atoms with E-state index in [1.54, 1.807) is 0 Å². The van der Waals surface area contributed by atoms with Gasteiger partial charge in [0.05, 0.1) is 52.9 Å². The lowest BCUT2D eigenvalue weighted by Crippen LogP contribution is -2.66. The standard InChI is InChI=1S/C56H61NO11/c1-40(58)57-49-52(63-35-44-26-14-5-15-27-44)50(61-33-42-22-10-3-11-23-42)47(38-60-32-41-20-8-2-9-21-41)68-56(49)66-39-48-51(62-34-43-24-12-4-13-25-43)53(64-36-45-28-16-6-17-29-45)54(55(59)67-48)65-37-46-30-18-7-19-31-46/h2-31,47-56,59H,32-39H2,1H3,(H,57,58)/t47-,48-,49-,50-,51-,52-,53+,54-,55+,56-/m1/s1. The molecule has 2 N–H and O–H groups in total. The second-order valence-corrected chi connectivity index (χ2v) is 17.0. The first kappa shape index (κ1) is 48.8. The van der Waals surface area contributed by atoms with Crippen molar-refractivity contribution < 1.29 is 52.5 Å². The van der Waals surface area contributed by atoms with Gasteiger partial charge in [0.2, 0.25) is 5.91 Å². The number of rotatable bonds is 23. The van der Waals surface area contributed by atoms with Crippen molar-refractivity contribution in [3.8, 4) is 0 Å². The van der Waals surface area contributed by atoms with Crippen LogP contribution in [0.4, 0.5) is 0 Å². The summed E-state index contributed by atoms with van der Waals surface area (Å²) in [4.78, 5) is 13.2. The van der Waals surface area contributed by atoms with Crippen LogP contribution >= 0.6 is 0 Å². The van der Waals surface area contributed by atoms with Crippen LogP contribution < -0.4 is 5.32 Å². The van der Waals surface area contributed by atoms with Crippen molar-refractivity contribution in [3.63, 3.8) is 0 Å². The van der Waals surface area contributed by atoms with E-state index in [1.807, 2.05) is 182 Å². The number of aliphatic hydroxyl groups is 1. The summed E-state index contributed by atoms with van der Waals surface area (Å²) in [5, 5.41) is 14.9. The fourth-order valence-electron chi connectivity index (χ4n) is 8.46. The van der Waals surface area contributed by atoms with E-state index in [1.165, 1.54) is 6.92 Å². The lowest BCUT2D eigenvalue weighted by atomic mass is 9.95. The van der Waals surface area contributed by atoms with Crippen molar-refractivity contribution >= 4 is 5.91 Å². The van der Waals surface area contributed by atoms with Gasteiger partial charge in [-0.2, -0.15) is 0 Å². The molecule has 2 aliphatic rings. The predicted molar refractivity (Wildman–Crippen MR) is 254 cm³/mol. The van der Waals surface area contributed by atoms with Crippen LogP contribution in [0.15, 0.2) is 182 Å². The van der Waals surface area contributed by atoms with Crippen molar-refractivity contribution in [1.82, 2.24) is 5.32 Å². The zero-order valence-electron chi connectivity index (χ0n) is 38.3. The number of benzene rings is 6. The monoisotopic (exact) mass is 923 g/mol. The zero-order valence-corrected chi connectivity index (χ0v) is 38.3. The third-order valence-corrected chi connectivity index (χ3v) is 11.9. The molecule has 0 radical (unpaired) electrons. The van der Waals surface area contributed by atoms with Crippen LogP contribution in [0.1, 0.15) is 40.3 Å². The maximum Gasteiger partial charge on any atom is 0.217 e. The van der Waals surface area contributed by atoms with Crippen molar-refractivity contribution in [1.29, 1.82) is 0 Å². The Labute approximate surface area is 399 Å². The average molecular weight is 924 g/mol. The van der Waals surface area contributed by atoms with Gasteiger partial charge in [-0.25, -0.2) is 0 Å². The van der Waals surface area contributed by atoms with Crippen LogP contribution in [0.25, 0.3) is 0 Å². The molecule has 8 rings (SSSR count). The highest BCUT2D eigenvalue weighted by atomic mass is 16.7. The fourth-order valence-corrected chi connectivity index (χ4v) is 8.46. The second-order valence-electron chi connectivity index (χ2n) is 17.0. The maximum absolute atomic E-state index is 13.2. The quantitative estimate of drug-likeness (QED) is 0.0647. The summed E-state index contributed by atoms with van der Waals surface area (Å²) in [5.74, 6) is -0.317. The molecule has 6 aromatic carbocycles. The first-order chi connectivity index (χ1) is 33.5. The third-order valence-electron chi connectivity index (χ3n) is 11.9. The Morgan fingerprint density at radius 3 is 1.18 bits per heavy atom. The SMILES string of the molecule is CC(=O)N[C@H]1[C@H](OC[C@H]2O[C@H](O)[C@H](OCc3ccccc3)[C@@H](OCc3ccccc3)[C@@H]2OCc2ccccc2)O[C@H](COCc2ccccc2)[C@@H](OCc2ccccc2)[C@@H]1OCc1ccccc1. The van der Waals surface area contributed by atoms with Crippen LogP contribution in [0, 0.1) is 0 Å². The molecule has 2 heterocycles. The lowest BCUT2D eigenvalue weighted by molar-refractivity contribution is -0.333. The Morgan fingerprint density at radius 1 is 0.426 bits per heavy atom. The van der Waals surface area contributed by atoms with Crippen molar-refractivity contribution in [2.75, 3.05) is 13.2 Å². The highest BCUT2D eigenvalue weighted by Gasteiger charge is 2.51. The maximum atomic E-state index is 13.2. The molecule has 2 aliphatic heterocycles. The van der Waals surface area contributed by atoms with E-state index in [2.05, 4.69) is 5.32 Å². The van der Waals surface area contributed by atoms with Crippen molar-refractivity contribution in [2.45, 2.75) is 108 Å². The Balaban J connectivity index is 1.09. The normalized spacial score (nSPS) is 24.9. The molecule has 2 fully saturated rings. The van der Waals surface area contributed by atoms with Gasteiger partial charge in [0.15, 0.2) is 12.6 Å². The molecular weight excluding hydrogens is 863 g/mol. The summed E-state index contributed by atoms with van der Waals surface area (Å²) in [5.41, 5.74) is 5.67. The third kappa shape index (κ3) is 14.2. The first-order valence-electron chi connectivity index (χ1n) is 23.2. The van der Waals surface area contributed by atoms with Crippen LogP contribution in [0.3, 0.4) is 0 Å². The minimum atomic E-state index is -1.43. The molecule has 12 heteroatoms. The molecule has 68 heavy (non-hydrogen) atoms. The highest BCUT2D eigenvalue weighted by molar-refractivity contribution is 5.73. The lowest BCUT2D eigenvalue weighted by Gasteiger charge is -2.47. The Hall–Kier alpha value is -5.61. The smallest absolute Gasteiger partial charge is 0.217 e. The number of carbonyl (C=O) groups excluding carboxylic acids is 1. The van der Waals surface area contributed by atoms with Crippen molar-refractivity contribution in [3.05, 3.63) is 215 Å². The van der Waals surface area contributed by atoms with Gasteiger partial charge in [-0.15, -0.1) is 0 Å². The topological polar surface area (TPSA) is 132 Å². The van der Waals surface area contributed by atoms with Gasteiger partial charge in [0, 0.05) is 6.92 Å². The van der Waals surface area contributed by atoms with Gasteiger partial charge in [-0.05, 0) is 33.4 Å². The molecule has 0 aromatic heterocycles. The predicted octanol–water partition coefficient (Wildman–Crippen LogP) is 8.09. The molecule has 0 bridgehead atoms. The average Bonchev–Trinajstić information content (AvgIpc) is 3.38. The van der Waals surface area contributed by atoms with Crippen LogP contribution in [0.5, 0.6) is 0 Å². The van der Waals surface area contributed by atoms with Crippen LogP contribution in [0.2, 0.25) is 0 Å². The highest BCUT2D eigenvalue weighted by Crippen LogP contribution is 2.33. The molecule has 1 amide bonds. The van der Waals surface area contributed by atoms with E-state index in [4.69, 9.17) is 42.6 Å². The number of ether oxygens (including phenoxy) is 9. The first-order valence-corrected chi connectivity index (χ1v) is 23.2. The van der Waals surface area contributed by atoms with E-state index in [-0.39, 0.29) is 52.2 Å². The second kappa shape index (κ2) is 25.7. The minimum absolute atomic E-state index is 0.115. The summed E-state index contributed by atoms with van der Waals surface area (Å²) < 4.78 is 59.9. The van der Waals surface area contributed by atoms with Gasteiger partial charge >= 0.3 is 0 Å². The summed E-state index contributed by atoms with van der Waals surface area (Å²) >= 11 is 0. The summed E-state index contributed by atoms with van der Waals surface area (Å²) in [6.07, 6.45) is -8.26. The number of aliphatic hydroxyl groups excluding tert-OH is 1. The molecule has 356 valence electrons. The summed E-state index contributed by atoms with van der Waals surface area (Å²) in [6.45, 7) is 2.83. The number of hydrogen-bond donors (Lipinski definition) is 2. The number of nitrogens with one attached hydrogen (secondary N) is 1. The van der Waals surface area contributed by atoms with Gasteiger partial charge in [-0.3, -0.25) is 4.79 Å². The van der Waals surface area contributed by atoms with Crippen LogP contribution in [-0.4, -0.2) is 85.6 Å². The molecule has 6 aromatic rings. The van der Waals surface area contributed by atoms with Gasteiger partial charge in [0.25, 0.3) is 0 Å². The Kier molecular flexibility index (Phi) is 18.4. The van der Waals surface area contributed by atoms with Gasteiger partial charge in [0.1, 0.15) is 48.8 Å². The van der Waals surface area contributed by atoms with E-state index in [0.717, 1.165) is 33.4 Å². The molecule has 10 atom stereocenters. The van der Waals surface area contributed by atoms with E-state index < -0.39 is 61.3 Å². The molecular formula is C56H61NO11. The fraction of sp³-hybridized carbons (Fsp3) is 0.339.